The number of rotatable bonds is 4. The lowest BCUT2D eigenvalue weighted by Crippen LogP contribution is -2.37. The lowest BCUT2D eigenvalue weighted by molar-refractivity contribution is 0.0131. The summed E-state index contributed by atoms with van der Waals surface area (Å²) >= 11 is 0. The molecule has 8 heteroatoms. The van der Waals surface area contributed by atoms with Crippen molar-refractivity contribution in [3.8, 4) is 0 Å². The fraction of sp³-hybridized carbons (Fsp3) is 0.500. The maximum Gasteiger partial charge on any atom is 0.200 e. The fourth-order valence-corrected chi connectivity index (χ4v) is 1.08. The number of tetrazole rings is 1. The minimum absolute atomic E-state index is 0.185. The molecule has 2 aromatic heterocycles. The van der Waals surface area contributed by atoms with Crippen molar-refractivity contribution in [3.05, 3.63) is 12.1 Å². The molecule has 0 aliphatic heterocycles. The Hall–Kier alpha value is -1.80. The second-order valence-electron chi connectivity index (χ2n) is 3.75. The topological polar surface area (TPSA) is 108 Å². The number of hydrogen-bond acceptors (Lipinski definition) is 7. The molecule has 8 nitrogen and oxygen atoms in total. The highest BCUT2D eigenvalue weighted by atomic mass is 16.3. The van der Waals surface area contributed by atoms with Crippen molar-refractivity contribution in [1.29, 1.82) is 0 Å². The van der Waals surface area contributed by atoms with E-state index in [0.717, 1.165) is 0 Å². The fourth-order valence-electron chi connectivity index (χ4n) is 1.08. The molecule has 0 amide bonds. The number of hydrogen-bond donors (Lipinski definition) is 3. The van der Waals surface area contributed by atoms with E-state index in [9.17, 15) is 5.11 Å². The zero-order valence-electron chi connectivity index (χ0n) is 8.70. The Bertz CT molecular complexity index is 482. The first-order chi connectivity index (χ1) is 7.61. The van der Waals surface area contributed by atoms with Crippen LogP contribution in [0.1, 0.15) is 6.92 Å². The third kappa shape index (κ3) is 2.23. The van der Waals surface area contributed by atoms with Gasteiger partial charge in [0.15, 0.2) is 5.65 Å². The summed E-state index contributed by atoms with van der Waals surface area (Å²) < 4.78 is 1.27. The van der Waals surface area contributed by atoms with Crippen LogP contribution in [0.25, 0.3) is 5.65 Å². The van der Waals surface area contributed by atoms with E-state index in [4.69, 9.17) is 5.11 Å². The normalized spacial score (nSPS) is 14.9. The van der Waals surface area contributed by atoms with Crippen LogP contribution >= 0.6 is 0 Å². The molecule has 2 heterocycles. The van der Waals surface area contributed by atoms with Gasteiger partial charge in [-0.2, -0.15) is 0 Å². The quantitative estimate of drug-likeness (QED) is 0.590. The standard InChI is InChI=1S/C8H12N6O2/c1-8(16,5-15)4-9-6-2-3-7-10-12-13-14(7)11-6/h2-3,15-16H,4-5H2,1H3,(H,9,11). The van der Waals surface area contributed by atoms with Gasteiger partial charge in [-0.25, -0.2) is 0 Å². The summed E-state index contributed by atoms with van der Waals surface area (Å²) in [6.07, 6.45) is 0. The van der Waals surface area contributed by atoms with Gasteiger partial charge in [-0.3, -0.25) is 0 Å². The molecule has 86 valence electrons. The van der Waals surface area contributed by atoms with Gasteiger partial charge in [0.2, 0.25) is 0 Å². The van der Waals surface area contributed by atoms with E-state index in [0.29, 0.717) is 11.5 Å². The minimum Gasteiger partial charge on any atom is -0.393 e. The summed E-state index contributed by atoms with van der Waals surface area (Å²) in [7, 11) is 0. The van der Waals surface area contributed by atoms with Gasteiger partial charge in [0.05, 0.1) is 6.61 Å². The monoisotopic (exact) mass is 224 g/mol. The molecule has 0 fully saturated rings. The van der Waals surface area contributed by atoms with E-state index in [1.807, 2.05) is 0 Å². The van der Waals surface area contributed by atoms with Gasteiger partial charge in [0, 0.05) is 6.54 Å². The van der Waals surface area contributed by atoms with Crippen LogP contribution in [0.2, 0.25) is 0 Å². The van der Waals surface area contributed by atoms with E-state index in [2.05, 4.69) is 25.9 Å². The van der Waals surface area contributed by atoms with Gasteiger partial charge in [-0.05, 0) is 29.5 Å². The molecule has 3 N–H and O–H groups in total. The molecule has 1 unspecified atom stereocenters. The predicted octanol–water partition coefficient (Wildman–Crippen LogP) is -1.33. The summed E-state index contributed by atoms with van der Waals surface area (Å²) in [5.74, 6) is 0.522. The van der Waals surface area contributed by atoms with Gasteiger partial charge >= 0.3 is 0 Å². The van der Waals surface area contributed by atoms with E-state index < -0.39 is 5.60 Å². The number of anilines is 1. The van der Waals surface area contributed by atoms with E-state index in [-0.39, 0.29) is 13.2 Å². The highest BCUT2D eigenvalue weighted by Crippen LogP contribution is 2.06. The Morgan fingerprint density at radius 3 is 3.06 bits per heavy atom. The van der Waals surface area contributed by atoms with Gasteiger partial charge in [0.1, 0.15) is 11.4 Å². The molecule has 0 aliphatic carbocycles. The smallest absolute Gasteiger partial charge is 0.200 e. The van der Waals surface area contributed by atoms with Crippen LogP contribution in [0.15, 0.2) is 12.1 Å². The van der Waals surface area contributed by atoms with Crippen molar-refractivity contribution in [1.82, 2.24) is 25.3 Å². The van der Waals surface area contributed by atoms with Gasteiger partial charge in [-0.1, -0.05) is 0 Å². The van der Waals surface area contributed by atoms with E-state index in [1.54, 1.807) is 12.1 Å². The van der Waals surface area contributed by atoms with Crippen molar-refractivity contribution >= 4 is 11.5 Å². The van der Waals surface area contributed by atoms with Crippen molar-refractivity contribution < 1.29 is 10.2 Å². The van der Waals surface area contributed by atoms with Gasteiger partial charge < -0.3 is 15.5 Å². The van der Waals surface area contributed by atoms with Crippen LogP contribution in [0.5, 0.6) is 0 Å². The second-order valence-corrected chi connectivity index (χ2v) is 3.75. The molecule has 16 heavy (non-hydrogen) atoms. The molecule has 0 aromatic carbocycles. The maximum absolute atomic E-state index is 9.57. The molecule has 2 rings (SSSR count). The van der Waals surface area contributed by atoms with Crippen molar-refractivity contribution in [2.45, 2.75) is 12.5 Å². The number of aliphatic hydroxyl groups excluding tert-OH is 1. The lowest BCUT2D eigenvalue weighted by atomic mass is 10.1. The Kier molecular flexibility index (Phi) is 2.67. The van der Waals surface area contributed by atoms with E-state index >= 15 is 0 Å². The first-order valence-electron chi connectivity index (χ1n) is 4.73. The first kappa shape index (κ1) is 10.7. The predicted molar refractivity (Wildman–Crippen MR) is 54.8 cm³/mol. The summed E-state index contributed by atoms with van der Waals surface area (Å²) in [5, 5.41) is 36.2. The Balaban J connectivity index is 2.09. The molecule has 0 saturated heterocycles. The lowest BCUT2D eigenvalue weighted by Gasteiger charge is -2.20. The number of nitrogens with one attached hydrogen (secondary N) is 1. The average Bonchev–Trinajstić information content (AvgIpc) is 2.73. The highest BCUT2D eigenvalue weighted by Gasteiger charge is 2.18. The molecule has 0 spiro atoms. The number of nitrogens with zero attached hydrogens (tertiary/aromatic N) is 5. The van der Waals surface area contributed by atoms with Crippen LogP contribution in [-0.4, -0.2) is 54.2 Å². The minimum atomic E-state index is -1.18. The average molecular weight is 224 g/mol. The van der Waals surface area contributed by atoms with Crippen LogP contribution in [-0.2, 0) is 0 Å². The Morgan fingerprint density at radius 2 is 2.31 bits per heavy atom. The largest absolute Gasteiger partial charge is 0.393 e. The van der Waals surface area contributed by atoms with Crippen molar-refractivity contribution in [2.75, 3.05) is 18.5 Å². The third-order valence-electron chi connectivity index (χ3n) is 2.06. The summed E-state index contributed by atoms with van der Waals surface area (Å²) in [6, 6.07) is 3.39. The van der Waals surface area contributed by atoms with Crippen molar-refractivity contribution in [3.63, 3.8) is 0 Å². The first-order valence-corrected chi connectivity index (χ1v) is 4.73. The Labute approximate surface area is 90.9 Å². The molecule has 2 aromatic rings. The van der Waals surface area contributed by atoms with Crippen molar-refractivity contribution in [2.24, 2.45) is 0 Å². The van der Waals surface area contributed by atoms with Crippen LogP contribution in [0.3, 0.4) is 0 Å². The van der Waals surface area contributed by atoms with Crippen LogP contribution < -0.4 is 5.32 Å². The molecular weight excluding hydrogens is 212 g/mol. The zero-order chi connectivity index (χ0) is 11.6. The highest BCUT2D eigenvalue weighted by molar-refractivity contribution is 5.42. The van der Waals surface area contributed by atoms with Crippen LogP contribution in [0.4, 0.5) is 5.82 Å². The molecule has 0 bridgehead atoms. The zero-order valence-corrected chi connectivity index (χ0v) is 8.70. The van der Waals surface area contributed by atoms with E-state index in [1.165, 1.54) is 11.6 Å². The second kappa shape index (κ2) is 3.99. The third-order valence-corrected chi connectivity index (χ3v) is 2.06. The molecular formula is C8H12N6O2. The SMILES string of the molecule is CC(O)(CO)CNc1ccc2nnnn2n1. The summed E-state index contributed by atoms with van der Waals surface area (Å²) in [4.78, 5) is 0. The number of fused-ring (bicyclic) bond motifs is 1. The molecule has 0 aliphatic rings. The van der Waals surface area contributed by atoms with Gasteiger partial charge in [0.25, 0.3) is 0 Å². The Morgan fingerprint density at radius 1 is 1.50 bits per heavy atom. The molecule has 0 radical (unpaired) electrons. The van der Waals surface area contributed by atoms with Gasteiger partial charge in [-0.15, -0.1) is 14.8 Å². The summed E-state index contributed by atoms with van der Waals surface area (Å²) in [5.41, 5.74) is -0.642. The number of aromatic nitrogens is 5. The number of aliphatic hydroxyl groups is 2. The van der Waals surface area contributed by atoms with Crippen LogP contribution in [0, 0.1) is 0 Å². The molecule has 0 saturated carbocycles. The summed E-state index contributed by atoms with van der Waals surface area (Å²) in [6.45, 7) is 1.38. The maximum atomic E-state index is 9.57. The molecule has 1 atom stereocenters.